The number of nitrogens with zero attached hydrogens (tertiary/aromatic N) is 1. The van der Waals surface area contributed by atoms with Gasteiger partial charge in [0.15, 0.2) is 0 Å². The van der Waals surface area contributed by atoms with Crippen molar-refractivity contribution < 1.29 is 9.53 Å². The van der Waals surface area contributed by atoms with E-state index < -0.39 is 0 Å². The zero-order valence-electron chi connectivity index (χ0n) is 15.9. The van der Waals surface area contributed by atoms with Crippen LogP contribution in [0.4, 0.5) is 0 Å². The number of hydrogen-bond acceptors (Lipinski definition) is 4. The van der Waals surface area contributed by atoms with Gasteiger partial charge in [0.1, 0.15) is 5.75 Å². The third-order valence-corrected chi connectivity index (χ3v) is 6.11. The van der Waals surface area contributed by atoms with Gasteiger partial charge in [-0.25, -0.2) is 0 Å². The highest BCUT2D eigenvalue weighted by Crippen LogP contribution is 2.32. The van der Waals surface area contributed by atoms with Crippen molar-refractivity contribution >= 4 is 17.3 Å². The molecular weight excluding hydrogens is 342 g/mol. The molecule has 1 aromatic carbocycles. The lowest BCUT2D eigenvalue weighted by atomic mass is 9.86. The Hall–Kier alpha value is -1.65. The normalized spacial score (nSPS) is 16.5. The molecule has 0 fully saturated rings. The minimum Gasteiger partial charge on any atom is -0.426 e. The van der Waals surface area contributed by atoms with E-state index in [2.05, 4.69) is 35.4 Å². The predicted octanol–water partition coefficient (Wildman–Crippen LogP) is 4.88. The Bertz CT molecular complexity index is 711. The van der Waals surface area contributed by atoms with Crippen LogP contribution in [0, 0.1) is 0 Å². The van der Waals surface area contributed by atoms with Crippen molar-refractivity contribution in [3.05, 3.63) is 51.7 Å². The van der Waals surface area contributed by atoms with Gasteiger partial charge in [-0.15, -0.1) is 11.3 Å². The van der Waals surface area contributed by atoms with E-state index in [-0.39, 0.29) is 5.97 Å². The van der Waals surface area contributed by atoms with Crippen LogP contribution in [0.2, 0.25) is 0 Å². The van der Waals surface area contributed by atoms with Crippen molar-refractivity contribution in [2.45, 2.75) is 58.4 Å². The minimum absolute atomic E-state index is 0.149. The first-order chi connectivity index (χ1) is 12.7. The minimum atomic E-state index is -0.149. The van der Waals surface area contributed by atoms with Gasteiger partial charge >= 0.3 is 5.97 Å². The third-order valence-electron chi connectivity index (χ3n) is 5.18. The maximum atomic E-state index is 11.7. The molecule has 2 aromatic rings. The maximum Gasteiger partial charge on any atom is 0.310 e. The fraction of sp³-hybridized carbons (Fsp3) is 0.500. The van der Waals surface area contributed by atoms with E-state index in [0.717, 1.165) is 44.5 Å². The molecule has 26 heavy (non-hydrogen) atoms. The van der Waals surface area contributed by atoms with Gasteiger partial charge in [0.25, 0.3) is 0 Å². The van der Waals surface area contributed by atoms with Crippen LogP contribution < -0.4 is 4.74 Å². The van der Waals surface area contributed by atoms with Crippen molar-refractivity contribution in [2.75, 3.05) is 13.1 Å². The maximum absolute atomic E-state index is 11.7. The summed E-state index contributed by atoms with van der Waals surface area (Å²) in [5.41, 5.74) is 2.58. The lowest BCUT2D eigenvalue weighted by Gasteiger charge is -2.35. The number of ether oxygens (including phenoxy) is 1. The summed E-state index contributed by atoms with van der Waals surface area (Å²) in [6.07, 6.45) is 5.91. The highest BCUT2D eigenvalue weighted by Gasteiger charge is 2.26. The van der Waals surface area contributed by atoms with Crippen LogP contribution in [0.1, 0.15) is 49.1 Å². The highest BCUT2D eigenvalue weighted by molar-refractivity contribution is 7.09. The van der Waals surface area contributed by atoms with Gasteiger partial charge in [-0.1, -0.05) is 32.0 Å². The molecule has 0 saturated carbocycles. The molecule has 3 rings (SSSR count). The molecule has 1 aromatic heterocycles. The molecule has 0 amide bonds. The first-order valence-corrected chi connectivity index (χ1v) is 10.7. The second-order valence-electron chi connectivity index (χ2n) is 6.98. The van der Waals surface area contributed by atoms with E-state index in [4.69, 9.17) is 4.74 Å². The quantitative estimate of drug-likeness (QED) is 0.489. The summed E-state index contributed by atoms with van der Waals surface area (Å²) in [6, 6.07) is 11.1. The molecule has 0 saturated heterocycles. The van der Waals surface area contributed by atoms with E-state index in [0.29, 0.717) is 12.5 Å². The number of rotatable bonds is 8. The molecule has 1 unspecified atom stereocenters. The topological polar surface area (TPSA) is 29.5 Å². The van der Waals surface area contributed by atoms with Crippen LogP contribution in [0.25, 0.3) is 0 Å². The Morgan fingerprint density at radius 3 is 2.85 bits per heavy atom. The van der Waals surface area contributed by atoms with Crippen LogP contribution in [0.3, 0.4) is 0 Å². The molecular formula is C22H29NO2S. The fourth-order valence-electron chi connectivity index (χ4n) is 3.83. The van der Waals surface area contributed by atoms with E-state index in [1.54, 1.807) is 0 Å². The molecule has 0 radical (unpaired) electrons. The monoisotopic (exact) mass is 371 g/mol. The number of fused-ring (bicyclic) bond motifs is 1. The van der Waals surface area contributed by atoms with Gasteiger partial charge in [0.05, 0.1) is 0 Å². The molecule has 1 heterocycles. The Balaban J connectivity index is 1.69. The fourth-order valence-corrected chi connectivity index (χ4v) is 4.53. The van der Waals surface area contributed by atoms with Crippen LogP contribution in [-0.2, 0) is 24.1 Å². The summed E-state index contributed by atoms with van der Waals surface area (Å²) in [4.78, 5) is 15.8. The largest absolute Gasteiger partial charge is 0.426 e. The lowest BCUT2D eigenvalue weighted by molar-refractivity contribution is -0.134. The molecule has 1 aliphatic rings. The molecule has 3 nitrogen and oxygen atoms in total. The lowest BCUT2D eigenvalue weighted by Crippen LogP contribution is -2.41. The smallest absolute Gasteiger partial charge is 0.310 e. The third kappa shape index (κ3) is 4.74. The Morgan fingerprint density at radius 2 is 2.12 bits per heavy atom. The van der Waals surface area contributed by atoms with Crippen LogP contribution in [0.15, 0.2) is 35.7 Å². The molecule has 1 aliphatic carbocycles. The summed E-state index contributed by atoms with van der Waals surface area (Å²) < 4.78 is 5.55. The van der Waals surface area contributed by atoms with Crippen LogP contribution in [-0.4, -0.2) is 30.0 Å². The van der Waals surface area contributed by atoms with Gasteiger partial charge in [0.2, 0.25) is 0 Å². The second-order valence-corrected chi connectivity index (χ2v) is 8.02. The SMILES string of the molecule is CCCN(CCc1cccs1)C1CCc2c(cccc2OC(=O)CC)C1. The van der Waals surface area contributed by atoms with Crippen molar-refractivity contribution in [3.63, 3.8) is 0 Å². The molecule has 0 spiro atoms. The molecule has 1 atom stereocenters. The Morgan fingerprint density at radius 1 is 1.23 bits per heavy atom. The number of benzene rings is 1. The summed E-state index contributed by atoms with van der Waals surface area (Å²) in [7, 11) is 0. The number of thiophene rings is 1. The van der Waals surface area contributed by atoms with E-state index in [1.807, 2.05) is 30.4 Å². The zero-order chi connectivity index (χ0) is 18.4. The molecule has 0 bridgehead atoms. The summed E-state index contributed by atoms with van der Waals surface area (Å²) in [5, 5.41) is 2.16. The number of esters is 1. The second kappa shape index (κ2) is 9.33. The summed E-state index contributed by atoms with van der Waals surface area (Å²) in [5.74, 6) is 0.623. The first kappa shape index (κ1) is 19.1. The Labute approximate surface area is 161 Å². The van der Waals surface area contributed by atoms with Gasteiger partial charge in [-0.3, -0.25) is 9.69 Å². The summed E-state index contributed by atoms with van der Waals surface area (Å²) in [6.45, 7) is 6.37. The standard InChI is InChI=1S/C22H29NO2S/c1-3-13-23(14-12-19-8-6-15-26-19)18-10-11-20-17(16-18)7-5-9-21(20)25-22(24)4-2/h5-9,15,18H,3-4,10-14,16H2,1-2H3. The molecule has 0 aliphatic heterocycles. The van der Waals surface area contributed by atoms with Gasteiger partial charge in [-0.05, 0) is 67.3 Å². The van der Waals surface area contributed by atoms with Crippen LogP contribution >= 0.6 is 11.3 Å². The average Bonchev–Trinajstić information content (AvgIpc) is 3.18. The number of carbonyl (C=O) groups is 1. The van der Waals surface area contributed by atoms with Crippen molar-refractivity contribution in [3.8, 4) is 5.75 Å². The van der Waals surface area contributed by atoms with Crippen molar-refractivity contribution in [2.24, 2.45) is 0 Å². The first-order valence-electron chi connectivity index (χ1n) is 9.79. The average molecular weight is 372 g/mol. The van der Waals surface area contributed by atoms with E-state index in [1.165, 1.54) is 22.4 Å². The molecule has 4 heteroatoms. The van der Waals surface area contributed by atoms with E-state index in [9.17, 15) is 4.79 Å². The Kier molecular flexibility index (Phi) is 6.86. The van der Waals surface area contributed by atoms with Crippen molar-refractivity contribution in [1.82, 2.24) is 4.90 Å². The van der Waals surface area contributed by atoms with E-state index >= 15 is 0 Å². The van der Waals surface area contributed by atoms with Gasteiger partial charge < -0.3 is 4.74 Å². The molecule has 0 N–H and O–H groups in total. The van der Waals surface area contributed by atoms with Gasteiger partial charge in [0, 0.05) is 23.9 Å². The van der Waals surface area contributed by atoms with Crippen LogP contribution in [0.5, 0.6) is 5.75 Å². The zero-order valence-corrected chi connectivity index (χ0v) is 16.7. The van der Waals surface area contributed by atoms with Gasteiger partial charge in [-0.2, -0.15) is 0 Å². The number of hydrogen-bond donors (Lipinski definition) is 0. The predicted molar refractivity (Wildman–Crippen MR) is 108 cm³/mol. The molecule has 140 valence electrons. The van der Waals surface area contributed by atoms with Crippen molar-refractivity contribution in [1.29, 1.82) is 0 Å². The number of carbonyl (C=O) groups excluding carboxylic acids is 1. The highest BCUT2D eigenvalue weighted by atomic mass is 32.1. The summed E-state index contributed by atoms with van der Waals surface area (Å²) >= 11 is 1.85.